The third-order valence-electron chi connectivity index (χ3n) is 2.97. The Morgan fingerprint density at radius 1 is 1.29 bits per heavy atom. The first-order chi connectivity index (χ1) is 9.90. The van der Waals surface area contributed by atoms with Crippen molar-refractivity contribution in [3.8, 4) is 0 Å². The summed E-state index contributed by atoms with van der Waals surface area (Å²) in [5, 5.41) is 13.7. The van der Waals surface area contributed by atoms with E-state index in [-0.39, 0.29) is 16.3 Å². The average molecular weight is 313 g/mol. The summed E-state index contributed by atoms with van der Waals surface area (Å²) in [4.78, 5) is 10.2. The standard InChI is InChI=1S/C14H11ClF2N2O2/c1-8(10-3-2-4-12(16)14(10)17)18-9-5-6-11(15)13(7-9)19(20)21/h2-8,18H,1H3. The maximum Gasteiger partial charge on any atom is 0.289 e. The molecule has 0 bridgehead atoms. The van der Waals surface area contributed by atoms with Crippen molar-refractivity contribution in [1.29, 1.82) is 0 Å². The molecule has 0 amide bonds. The van der Waals surface area contributed by atoms with Crippen LogP contribution < -0.4 is 5.32 Å². The second-order valence-corrected chi connectivity index (χ2v) is 4.84. The highest BCUT2D eigenvalue weighted by atomic mass is 35.5. The van der Waals surface area contributed by atoms with Crippen LogP contribution in [0.2, 0.25) is 5.02 Å². The highest BCUT2D eigenvalue weighted by molar-refractivity contribution is 6.32. The van der Waals surface area contributed by atoms with Gasteiger partial charge in [-0.2, -0.15) is 0 Å². The first-order valence-corrected chi connectivity index (χ1v) is 6.42. The number of hydrogen-bond acceptors (Lipinski definition) is 3. The zero-order valence-electron chi connectivity index (χ0n) is 10.9. The summed E-state index contributed by atoms with van der Waals surface area (Å²) in [7, 11) is 0. The van der Waals surface area contributed by atoms with Crippen molar-refractivity contribution in [2.45, 2.75) is 13.0 Å². The van der Waals surface area contributed by atoms with Crippen molar-refractivity contribution in [1.82, 2.24) is 0 Å². The number of nitrogens with zero attached hydrogens (tertiary/aromatic N) is 1. The van der Waals surface area contributed by atoms with Crippen LogP contribution in [-0.2, 0) is 0 Å². The van der Waals surface area contributed by atoms with E-state index in [0.717, 1.165) is 6.07 Å². The van der Waals surface area contributed by atoms with Gasteiger partial charge in [0, 0.05) is 17.3 Å². The van der Waals surface area contributed by atoms with Gasteiger partial charge in [-0.3, -0.25) is 10.1 Å². The molecule has 0 saturated carbocycles. The Morgan fingerprint density at radius 3 is 2.67 bits per heavy atom. The Hall–Kier alpha value is -2.21. The number of hydrogen-bond donors (Lipinski definition) is 1. The number of anilines is 1. The molecule has 0 fully saturated rings. The lowest BCUT2D eigenvalue weighted by Crippen LogP contribution is -2.09. The van der Waals surface area contributed by atoms with Crippen LogP contribution in [0.4, 0.5) is 20.2 Å². The molecule has 0 aliphatic heterocycles. The summed E-state index contributed by atoms with van der Waals surface area (Å²) in [5.74, 6) is -1.89. The zero-order chi connectivity index (χ0) is 15.6. The molecule has 1 atom stereocenters. The minimum atomic E-state index is -0.944. The monoisotopic (exact) mass is 312 g/mol. The van der Waals surface area contributed by atoms with Gasteiger partial charge in [0.2, 0.25) is 0 Å². The number of benzene rings is 2. The van der Waals surface area contributed by atoms with Gasteiger partial charge in [0.25, 0.3) is 5.69 Å². The maximum absolute atomic E-state index is 13.7. The Kier molecular flexibility index (Phi) is 4.37. The summed E-state index contributed by atoms with van der Waals surface area (Å²) in [6.45, 7) is 1.62. The Balaban J connectivity index is 2.27. The molecule has 1 unspecified atom stereocenters. The van der Waals surface area contributed by atoms with Gasteiger partial charge in [0.15, 0.2) is 11.6 Å². The fourth-order valence-corrected chi connectivity index (χ4v) is 2.11. The summed E-state index contributed by atoms with van der Waals surface area (Å²) >= 11 is 5.71. The van der Waals surface area contributed by atoms with Crippen molar-refractivity contribution in [2.75, 3.05) is 5.32 Å². The highest BCUT2D eigenvalue weighted by Gasteiger charge is 2.17. The molecule has 7 heteroatoms. The van der Waals surface area contributed by atoms with Crippen LogP contribution >= 0.6 is 11.6 Å². The Labute approximate surface area is 124 Å². The van der Waals surface area contributed by atoms with Crippen molar-refractivity contribution < 1.29 is 13.7 Å². The summed E-state index contributed by atoms with van der Waals surface area (Å²) in [6.07, 6.45) is 0. The van der Waals surface area contributed by atoms with E-state index in [4.69, 9.17) is 11.6 Å². The maximum atomic E-state index is 13.7. The normalized spacial score (nSPS) is 12.0. The minimum Gasteiger partial charge on any atom is -0.378 e. The molecular formula is C14H11ClF2N2O2. The molecule has 2 rings (SSSR count). The van der Waals surface area contributed by atoms with Crippen LogP contribution in [0, 0.1) is 21.7 Å². The average Bonchev–Trinajstić information content (AvgIpc) is 2.43. The number of nitro groups is 1. The summed E-state index contributed by atoms with van der Waals surface area (Å²) in [6, 6.07) is 7.45. The van der Waals surface area contributed by atoms with Gasteiger partial charge in [-0.1, -0.05) is 23.7 Å². The van der Waals surface area contributed by atoms with E-state index in [2.05, 4.69) is 5.32 Å². The molecule has 0 radical (unpaired) electrons. The second kappa shape index (κ2) is 6.05. The Bertz CT molecular complexity index is 695. The van der Waals surface area contributed by atoms with E-state index < -0.39 is 22.6 Å². The van der Waals surface area contributed by atoms with Crippen LogP contribution in [0.15, 0.2) is 36.4 Å². The molecule has 0 spiro atoms. The molecule has 2 aromatic rings. The number of nitro benzene ring substituents is 1. The van der Waals surface area contributed by atoms with E-state index >= 15 is 0 Å². The molecule has 0 heterocycles. The fourth-order valence-electron chi connectivity index (χ4n) is 1.93. The predicted molar refractivity (Wildman–Crippen MR) is 76.5 cm³/mol. The first-order valence-electron chi connectivity index (χ1n) is 6.04. The SMILES string of the molecule is CC(Nc1ccc(Cl)c([N+](=O)[O-])c1)c1cccc(F)c1F. The van der Waals surface area contributed by atoms with Crippen molar-refractivity contribution in [3.05, 3.63) is 68.7 Å². The van der Waals surface area contributed by atoms with E-state index in [0.29, 0.717) is 5.69 Å². The lowest BCUT2D eigenvalue weighted by atomic mass is 10.1. The number of halogens is 3. The second-order valence-electron chi connectivity index (χ2n) is 4.43. The van der Waals surface area contributed by atoms with E-state index in [1.165, 1.54) is 30.3 Å². The molecule has 0 saturated heterocycles. The quantitative estimate of drug-likeness (QED) is 0.657. The Morgan fingerprint density at radius 2 is 2.00 bits per heavy atom. The largest absolute Gasteiger partial charge is 0.378 e. The molecule has 0 aliphatic carbocycles. The predicted octanol–water partition coefficient (Wildman–Crippen LogP) is 4.70. The van der Waals surface area contributed by atoms with Gasteiger partial charge >= 0.3 is 0 Å². The van der Waals surface area contributed by atoms with Gasteiger partial charge in [-0.25, -0.2) is 8.78 Å². The fraction of sp³-hybridized carbons (Fsp3) is 0.143. The molecule has 21 heavy (non-hydrogen) atoms. The van der Waals surface area contributed by atoms with Gasteiger partial charge in [0.05, 0.1) is 11.0 Å². The molecule has 0 aromatic heterocycles. The minimum absolute atomic E-state index is 0.00939. The van der Waals surface area contributed by atoms with Crippen LogP contribution in [0.1, 0.15) is 18.5 Å². The van der Waals surface area contributed by atoms with Crippen molar-refractivity contribution in [3.63, 3.8) is 0 Å². The molecule has 4 nitrogen and oxygen atoms in total. The number of nitrogens with one attached hydrogen (secondary N) is 1. The van der Waals surface area contributed by atoms with Crippen LogP contribution in [0.3, 0.4) is 0 Å². The lowest BCUT2D eigenvalue weighted by Gasteiger charge is -2.16. The smallest absolute Gasteiger partial charge is 0.289 e. The van der Waals surface area contributed by atoms with E-state index in [1.807, 2.05) is 0 Å². The summed E-state index contributed by atoms with van der Waals surface area (Å²) in [5.41, 5.74) is 0.267. The third-order valence-corrected chi connectivity index (χ3v) is 3.29. The molecule has 110 valence electrons. The molecular weight excluding hydrogens is 302 g/mol. The third kappa shape index (κ3) is 3.28. The molecule has 1 N–H and O–H groups in total. The number of rotatable bonds is 4. The van der Waals surface area contributed by atoms with E-state index in [1.54, 1.807) is 6.92 Å². The molecule has 2 aromatic carbocycles. The van der Waals surface area contributed by atoms with Crippen molar-refractivity contribution in [2.24, 2.45) is 0 Å². The zero-order valence-corrected chi connectivity index (χ0v) is 11.7. The van der Waals surface area contributed by atoms with Gasteiger partial charge in [0.1, 0.15) is 5.02 Å². The first kappa shape index (κ1) is 15.2. The highest BCUT2D eigenvalue weighted by Crippen LogP contribution is 2.30. The van der Waals surface area contributed by atoms with Gasteiger partial charge in [-0.15, -0.1) is 0 Å². The van der Waals surface area contributed by atoms with E-state index in [9.17, 15) is 18.9 Å². The van der Waals surface area contributed by atoms with Crippen LogP contribution in [0.5, 0.6) is 0 Å². The summed E-state index contributed by atoms with van der Waals surface area (Å²) < 4.78 is 26.9. The lowest BCUT2D eigenvalue weighted by molar-refractivity contribution is -0.384. The van der Waals surface area contributed by atoms with Crippen LogP contribution in [-0.4, -0.2) is 4.92 Å². The van der Waals surface area contributed by atoms with Crippen molar-refractivity contribution >= 4 is 23.0 Å². The van der Waals surface area contributed by atoms with Gasteiger partial charge in [-0.05, 0) is 25.1 Å². The van der Waals surface area contributed by atoms with Crippen LogP contribution in [0.25, 0.3) is 0 Å². The van der Waals surface area contributed by atoms with Gasteiger partial charge < -0.3 is 5.32 Å². The topological polar surface area (TPSA) is 55.2 Å². The molecule has 0 aliphatic rings.